The second kappa shape index (κ2) is 11.0. The van der Waals surface area contributed by atoms with Crippen LogP contribution in [0.1, 0.15) is 64.7 Å². The van der Waals surface area contributed by atoms with Gasteiger partial charge in [-0.2, -0.15) is 0 Å². The Hall–Kier alpha value is -3.38. The van der Waals surface area contributed by atoms with Gasteiger partial charge in [0.2, 0.25) is 23.3 Å². The zero-order valence-corrected chi connectivity index (χ0v) is 24.2. The van der Waals surface area contributed by atoms with Gasteiger partial charge in [0, 0.05) is 42.0 Å². The van der Waals surface area contributed by atoms with E-state index in [-0.39, 0.29) is 39.8 Å². The van der Waals surface area contributed by atoms with E-state index in [1.165, 1.54) is 24.3 Å². The third kappa shape index (κ3) is 5.42. The van der Waals surface area contributed by atoms with Crippen LogP contribution in [0.5, 0.6) is 0 Å². The average molecular weight is 617 g/mol. The van der Waals surface area contributed by atoms with E-state index in [1.54, 1.807) is 22.1 Å². The molecule has 42 heavy (non-hydrogen) atoms. The molecule has 14 heteroatoms. The Bertz CT molecular complexity index is 1660. The summed E-state index contributed by atoms with van der Waals surface area (Å²) in [5.41, 5.74) is 0.513. The predicted molar refractivity (Wildman–Crippen MR) is 153 cm³/mol. The number of aromatic amines is 1. The van der Waals surface area contributed by atoms with Gasteiger partial charge in [0.05, 0.1) is 4.88 Å². The Labute approximate surface area is 243 Å². The molecule has 3 aliphatic rings. The fourth-order valence-electron chi connectivity index (χ4n) is 6.28. The summed E-state index contributed by atoms with van der Waals surface area (Å²) in [6.45, 7) is 0.966. The van der Waals surface area contributed by atoms with Gasteiger partial charge in [0.15, 0.2) is 0 Å². The molecule has 0 aliphatic carbocycles. The maximum absolute atomic E-state index is 14.2. The quantitative estimate of drug-likeness (QED) is 0.310. The molecular weight excluding hydrogens is 586 g/mol. The van der Waals surface area contributed by atoms with Gasteiger partial charge < -0.3 is 29.9 Å². The van der Waals surface area contributed by atoms with Crippen LogP contribution in [-0.4, -0.2) is 73.5 Å². The fourth-order valence-corrected chi connectivity index (χ4v) is 7.77. The number of likely N-dealkylation sites (tertiary alicyclic amines) is 1. The van der Waals surface area contributed by atoms with Crippen molar-refractivity contribution in [3.8, 4) is 0 Å². The molecule has 0 radical (unpaired) electrons. The minimum Gasteiger partial charge on any atom is -0.340 e. The summed E-state index contributed by atoms with van der Waals surface area (Å²) in [5.74, 6) is -3.26. The summed E-state index contributed by atoms with van der Waals surface area (Å²) >= 11 is 1.13. The number of amides is 3. The number of halogens is 1. The number of benzene rings is 1. The summed E-state index contributed by atoms with van der Waals surface area (Å²) in [7, 11) is -4.97. The minimum absolute atomic E-state index is 0.0662. The molecule has 5 heterocycles. The SMILES string of the molecule is O=C(N[C@H]1CCC[C@H]2CC[C@@H](C(=O)N3CC(c4cc[nH]c(=O)c4)C3)N2C1=O)c1cc2cc(C(F)P(=O)(O)O)ccc2s1. The molecule has 3 fully saturated rings. The maximum Gasteiger partial charge on any atom is 0.363 e. The highest BCUT2D eigenvalue weighted by molar-refractivity contribution is 7.51. The zero-order valence-electron chi connectivity index (χ0n) is 22.4. The van der Waals surface area contributed by atoms with E-state index in [4.69, 9.17) is 0 Å². The Balaban J connectivity index is 1.14. The highest BCUT2D eigenvalue weighted by Crippen LogP contribution is 2.53. The van der Waals surface area contributed by atoms with Crippen LogP contribution in [0.2, 0.25) is 0 Å². The smallest absolute Gasteiger partial charge is 0.340 e. The lowest BCUT2D eigenvalue weighted by molar-refractivity contribution is -0.148. The molecule has 0 saturated carbocycles. The number of nitrogens with zero attached hydrogens (tertiary/aromatic N) is 2. The molecule has 11 nitrogen and oxygen atoms in total. The second-order valence-electron chi connectivity index (χ2n) is 11.2. The molecule has 0 bridgehead atoms. The number of carbonyl (C=O) groups is 3. The summed E-state index contributed by atoms with van der Waals surface area (Å²) in [4.78, 5) is 76.7. The van der Waals surface area contributed by atoms with Crippen LogP contribution in [0.25, 0.3) is 10.1 Å². The number of aromatic nitrogens is 1. The van der Waals surface area contributed by atoms with Crippen LogP contribution in [0.15, 0.2) is 47.4 Å². The molecule has 3 saturated heterocycles. The van der Waals surface area contributed by atoms with Crippen LogP contribution in [0.4, 0.5) is 4.39 Å². The third-order valence-electron chi connectivity index (χ3n) is 8.47. The number of nitrogens with one attached hydrogen (secondary N) is 2. The van der Waals surface area contributed by atoms with E-state index >= 15 is 0 Å². The summed E-state index contributed by atoms with van der Waals surface area (Å²) in [6, 6.07) is 7.52. The van der Waals surface area contributed by atoms with Crippen LogP contribution in [0, 0.1) is 0 Å². The molecule has 4 atom stereocenters. The topological polar surface area (TPSA) is 160 Å². The Morgan fingerprint density at radius 1 is 1.07 bits per heavy atom. The van der Waals surface area contributed by atoms with Crippen molar-refractivity contribution in [2.24, 2.45) is 0 Å². The lowest BCUT2D eigenvalue weighted by Crippen LogP contribution is -2.58. The number of carbonyl (C=O) groups excluding carboxylic acids is 3. The molecular formula is C28H30FN4O7PS. The molecule has 0 spiro atoms. The molecule has 6 rings (SSSR count). The Morgan fingerprint density at radius 2 is 1.86 bits per heavy atom. The van der Waals surface area contributed by atoms with Crippen molar-refractivity contribution in [3.05, 3.63) is 69.0 Å². The van der Waals surface area contributed by atoms with Gasteiger partial charge in [-0.05, 0) is 72.9 Å². The summed E-state index contributed by atoms with van der Waals surface area (Å²) in [6.07, 6.45) is 4.77. The van der Waals surface area contributed by atoms with Gasteiger partial charge in [0.1, 0.15) is 12.1 Å². The van der Waals surface area contributed by atoms with Crippen LogP contribution in [-0.2, 0) is 14.2 Å². The lowest BCUT2D eigenvalue weighted by Gasteiger charge is -2.42. The van der Waals surface area contributed by atoms with Crippen molar-refractivity contribution >= 4 is 46.7 Å². The lowest BCUT2D eigenvalue weighted by atomic mass is 9.91. The van der Waals surface area contributed by atoms with Crippen molar-refractivity contribution in [3.63, 3.8) is 0 Å². The number of H-pyrrole nitrogens is 1. The van der Waals surface area contributed by atoms with Gasteiger partial charge in [0.25, 0.3) is 5.91 Å². The molecule has 1 unspecified atom stereocenters. The summed E-state index contributed by atoms with van der Waals surface area (Å²) in [5, 5.41) is 3.30. The van der Waals surface area contributed by atoms with Crippen LogP contribution >= 0.6 is 18.9 Å². The first kappa shape index (κ1) is 28.7. The van der Waals surface area contributed by atoms with Gasteiger partial charge >= 0.3 is 7.60 Å². The van der Waals surface area contributed by atoms with Crippen molar-refractivity contribution < 1.29 is 33.1 Å². The van der Waals surface area contributed by atoms with Crippen molar-refractivity contribution in [2.45, 2.75) is 62.1 Å². The highest BCUT2D eigenvalue weighted by atomic mass is 32.1. The normalized spacial score (nSPS) is 23.8. The standard InChI is InChI=1S/C28H30FN4O7PS/c29-25(41(38,39)40)16-4-7-22-17(10-16)11-23(42-22)26(35)31-20-3-1-2-19-5-6-21(33(19)27(20)36)28(37)32-13-18(14-32)15-8-9-30-24(34)12-15/h4,7-12,18-21,25H,1-3,5-6,13-14H2,(H,30,34)(H,31,35)(H2,38,39,40)/t19-,20-,21-,25?/m0/s1. The predicted octanol–water partition coefficient (Wildman–Crippen LogP) is 3.00. The first-order valence-corrected chi connectivity index (χ1v) is 16.3. The van der Waals surface area contributed by atoms with Crippen molar-refractivity contribution in [2.75, 3.05) is 13.1 Å². The largest absolute Gasteiger partial charge is 0.363 e. The van der Waals surface area contributed by atoms with Crippen molar-refractivity contribution in [1.82, 2.24) is 20.1 Å². The van der Waals surface area contributed by atoms with E-state index in [0.29, 0.717) is 42.4 Å². The molecule has 2 aromatic heterocycles. The van der Waals surface area contributed by atoms with Crippen LogP contribution < -0.4 is 10.9 Å². The first-order chi connectivity index (χ1) is 20.0. The van der Waals surface area contributed by atoms with E-state index in [9.17, 15) is 37.9 Å². The number of thiophene rings is 1. The molecule has 222 valence electrons. The number of hydrogen-bond acceptors (Lipinski definition) is 6. The van der Waals surface area contributed by atoms with Gasteiger partial charge in [-0.3, -0.25) is 23.7 Å². The fraction of sp³-hybridized carbons (Fsp3) is 0.429. The van der Waals surface area contributed by atoms with E-state index in [1.807, 2.05) is 6.07 Å². The van der Waals surface area contributed by atoms with E-state index in [2.05, 4.69) is 10.3 Å². The average Bonchev–Trinajstić information content (AvgIpc) is 3.51. The Morgan fingerprint density at radius 3 is 2.60 bits per heavy atom. The number of rotatable bonds is 6. The first-order valence-electron chi connectivity index (χ1n) is 13.8. The van der Waals surface area contributed by atoms with Crippen LogP contribution in [0.3, 0.4) is 0 Å². The van der Waals surface area contributed by atoms with Crippen molar-refractivity contribution in [1.29, 1.82) is 0 Å². The third-order valence-corrected chi connectivity index (χ3v) is 10.5. The molecule has 3 aliphatic heterocycles. The minimum atomic E-state index is -4.97. The van der Waals surface area contributed by atoms with Gasteiger partial charge in [-0.25, -0.2) is 4.39 Å². The van der Waals surface area contributed by atoms with E-state index < -0.39 is 31.5 Å². The highest BCUT2D eigenvalue weighted by Gasteiger charge is 2.47. The number of pyridine rings is 1. The monoisotopic (exact) mass is 616 g/mol. The molecule has 1 aromatic carbocycles. The number of fused-ring (bicyclic) bond motifs is 2. The number of alkyl halides is 1. The number of hydrogen-bond donors (Lipinski definition) is 4. The van der Waals surface area contributed by atoms with Gasteiger partial charge in [-0.15, -0.1) is 11.3 Å². The second-order valence-corrected chi connectivity index (χ2v) is 13.9. The molecule has 3 aromatic rings. The Kier molecular flexibility index (Phi) is 7.55. The molecule has 3 amide bonds. The maximum atomic E-state index is 14.2. The van der Waals surface area contributed by atoms with E-state index in [0.717, 1.165) is 29.7 Å². The molecule has 4 N–H and O–H groups in total. The summed E-state index contributed by atoms with van der Waals surface area (Å²) < 4.78 is 26.2. The van der Waals surface area contributed by atoms with Gasteiger partial charge in [-0.1, -0.05) is 6.07 Å². The zero-order chi connectivity index (χ0) is 29.8.